The minimum atomic E-state index is -4.47. The Hall–Kier alpha value is -5.05. The minimum absolute atomic E-state index is 0.0742. The van der Waals surface area contributed by atoms with Crippen molar-refractivity contribution in [3.8, 4) is 17.0 Å². The third-order valence-corrected chi connectivity index (χ3v) is 9.01. The second-order valence-corrected chi connectivity index (χ2v) is 12.2. The first-order chi connectivity index (χ1) is 21.4. The minimum Gasteiger partial charge on any atom is -0.480 e. The highest BCUT2D eigenvalue weighted by atomic mass is 32.2. The van der Waals surface area contributed by atoms with Crippen molar-refractivity contribution >= 4 is 44.4 Å². The summed E-state index contributed by atoms with van der Waals surface area (Å²) < 4.78 is 61.0. The lowest BCUT2D eigenvalue weighted by molar-refractivity contribution is 0.0688. The Labute approximate surface area is 257 Å². The number of pyridine rings is 2. The highest BCUT2D eigenvalue weighted by Crippen LogP contribution is 2.33. The molecule has 12 nitrogen and oxygen atoms in total. The van der Waals surface area contributed by atoms with E-state index >= 15 is 0 Å². The summed E-state index contributed by atoms with van der Waals surface area (Å²) in [6, 6.07) is 10.4. The number of sulfonamides is 1. The molecule has 0 aliphatic carbocycles. The van der Waals surface area contributed by atoms with Crippen molar-refractivity contribution in [2.75, 3.05) is 37.2 Å². The number of nitrogens with two attached hydrogens (primary N) is 1. The molecule has 0 saturated carbocycles. The van der Waals surface area contributed by atoms with Crippen LogP contribution in [-0.2, 0) is 10.0 Å². The number of fused-ring (bicyclic) bond motifs is 1. The molecule has 236 valence electrons. The number of piperidine rings is 1. The SMILES string of the molecule is COc1ncc(-c2ccc3nc(N)c(C(=O)N4CCC(CCNC(=O)O)CC4)cc3c2)cc1NS(=O)(=O)c1ccc(F)cc1F. The lowest BCUT2D eigenvalue weighted by Gasteiger charge is -2.32. The van der Waals surface area contributed by atoms with Crippen LogP contribution in [0.3, 0.4) is 0 Å². The molecule has 5 N–H and O–H groups in total. The highest BCUT2D eigenvalue weighted by molar-refractivity contribution is 7.92. The van der Waals surface area contributed by atoms with Gasteiger partial charge in [0.1, 0.15) is 28.0 Å². The molecular weight excluding hydrogens is 610 g/mol. The first kappa shape index (κ1) is 31.4. The Morgan fingerprint density at radius 2 is 1.84 bits per heavy atom. The molecule has 0 spiro atoms. The van der Waals surface area contributed by atoms with Crippen LogP contribution in [0.15, 0.2) is 59.6 Å². The van der Waals surface area contributed by atoms with Crippen molar-refractivity contribution in [2.24, 2.45) is 5.92 Å². The number of hydrogen-bond acceptors (Lipinski definition) is 8. The number of hydrogen-bond donors (Lipinski definition) is 4. The lowest BCUT2D eigenvalue weighted by atomic mass is 9.93. The number of benzene rings is 2. The van der Waals surface area contributed by atoms with Gasteiger partial charge in [-0.3, -0.25) is 9.52 Å². The summed E-state index contributed by atoms with van der Waals surface area (Å²) in [5, 5.41) is 11.7. The summed E-state index contributed by atoms with van der Waals surface area (Å²) in [5.74, 6) is -2.12. The summed E-state index contributed by atoms with van der Waals surface area (Å²) in [5.41, 5.74) is 7.96. The van der Waals surface area contributed by atoms with Gasteiger partial charge in [-0.15, -0.1) is 0 Å². The average Bonchev–Trinajstić information content (AvgIpc) is 3.00. The van der Waals surface area contributed by atoms with Gasteiger partial charge in [-0.05, 0) is 67.1 Å². The number of carbonyl (C=O) groups is 2. The van der Waals surface area contributed by atoms with Crippen LogP contribution in [0.5, 0.6) is 5.88 Å². The Morgan fingerprint density at radius 3 is 2.53 bits per heavy atom. The molecule has 0 unspecified atom stereocenters. The number of ether oxygens (including phenoxy) is 1. The van der Waals surface area contributed by atoms with E-state index in [4.69, 9.17) is 15.6 Å². The lowest BCUT2D eigenvalue weighted by Crippen LogP contribution is -2.39. The summed E-state index contributed by atoms with van der Waals surface area (Å²) in [6.45, 7) is 1.37. The van der Waals surface area contributed by atoms with E-state index in [1.807, 2.05) is 0 Å². The number of amides is 2. The molecule has 15 heteroatoms. The Morgan fingerprint density at radius 1 is 1.09 bits per heavy atom. The van der Waals surface area contributed by atoms with Crippen LogP contribution in [0.1, 0.15) is 29.6 Å². The number of carbonyl (C=O) groups excluding carboxylic acids is 1. The molecule has 2 amide bonds. The van der Waals surface area contributed by atoms with Gasteiger partial charge in [-0.1, -0.05) is 6.07 Å². The average molecular weight is 641 g/mol. The molecule has 2 aromatic carbocycles. The van der Waals surface area contributed by atoms with E-state index in [1.165, 1.54) is 19.4 Å². The number of nitrogen functional groups attached to an aromatic ring is 1. The van der Waals surface area contributed by atoms with Crippen molar-refractivity contribution in [2.45, 2.75) is 24.2 Å². The number of rotatable bonds is 9. The Kier molecular flexibility index (Phi) is 8.99. The molecule has 3 heterocycles. The fourth-order valence-corrected chi connectivity index (χ4v) is 6.37. The van der Waals surface area contributed by atoms with E-state index in [-0.39, 0.29) is 28.9 Å². The Balaban J connectivity index is 1.38. The number of methoxy groups -OCH3 is 1. The van der Waals surface area contributed by atoms with Gasteiger partial charge in [-0.2, -0.15) is 0 Å². The molecular formula is C30H30F2N6O6S. The van der Waals surface area contributed by atoms with Gasteiger partial charge >= 0.3 is 6.09 Å². The van der Waals surface area contributed by atoms with E-state index in [2.05, 4.69) is 20.0 Å². The second-order valence-electron chi connectivity index (χ2n) is 10.5. The zero-order chi connectivity index (χ0) is 32.3. The third-order valence-electron chi connectivity index (χ3n) is 7.61. The van der Waals surface area contributed by atoms with Crippen molar-refractivity contribution in [3.63, 3.8) is 0 Å². The summed E-state index contributed by atoms with van der Waals surface area (Å²) in [7, 11) is -3.18. The number of likely N-dealkylation sites (tertiary alicyclic amines) is 1. The number of carboxylic acid groups (broad SMARTS) is 1. The smallest absolute Gasteiger partial charge is 0.404 e. The van der Waals surface area contributed by atoms with Crippen LogP contribution >= 0.6 is 0 Å². The zero-order valence-electron chi connectivity index (χ0n) is 24.1. The molecule has 0 bridgehead atoms. The monoisotopic (exact) mass is 640 g/mol. The highest BCUT2D eigenvalue weighted by Gasteiger charge is 2.26. The van der Waals surface area contributed by atoms with Crippen molar-refractivity contribution in [1.82, 2.24) is 20.2 Å². The van der Waals surface area contributed by atoms with Gasteiger partial charge in [0, 0.05) is 42.8 Å². The topological polar surface area (TPSA) is 177 Å². The number of nitrogens with zero attached hydrogens (tertiary/aromatic N) is 3. The molecule has 4 aromatic rings. The maximum Gasteiger partial charge on any atom is 0.404 e. The predicted octanol–water partition coefficient (Wildman–Crippen LogP) is 4.48. The van der Waals surface area contributed by atoms with Crippen molar-refractivity contribution in [1.29, 1.82) is 0 Å². The van der Waals surface area contributed by atoms with E-state index in [9.17, 15) is 26.8 Å². The van der Waals surface area contributed by atoms with E-state index in [0.717, 1.165) is 25.0 Å². The summed E-state index contributed by atoms with van der Waals surface area (Å²) in [4.78, 5) is 33.7. The molecule has 5 rings (SSSR count). The fraction of sp³-hybridized carbons (Fsp3) is 0.267. The first-order valence-electron chi connectivity index (χ1n) is 13.9. The van der Waals surface area contributed by atoms with Gasteiger partial charge in [0.2, 0.25) is 5.88 Å². The van der Waals surface area contributed by atoms with E-state index in [1.54, 1.807) is 29.2 Å². The van der Waals surface area contributed by atoms with Crippen LogP contribution in [-0.4, -0.2) is 67.1 Å². The van der Waals surface area contributed by atoms with Gasteiger partial charge in [-0.25, -0.2) is 32.0 Å². The molecule has 1 fully saturated rings. The fourth-order valence-electron chi connectivity index (χ4n) is 5.26. The third kappa shape index (κ3) is 7.03. The summed E-state index contributed by atoms with van der Waals surface area (Å²) >= 11 is 0. The Bertz CT molecular complexity index is 1880. The number of halogens is 2. The quantitative estimate of drug-likeness (QED) is 0.205. The second kappa shape index (κ2) is 12.9. The predicted molar refractivity (Wildman–Crippen MR) is 162 cm³/mol. The maximum atomic E-state index is 14.3. The number of aromatic nitrogens is 2. The van der Waals surface area contributed by atoms with E-state index in [0.29, 0.717) is 60.1 Å². The van der Waals surface area contributed by atoms with Gasteiger partial charge in [0.25, 0.3) is 15.9 Å². The van der Waals surface area contributed by atoms with Crippen LogP contribution < -0.4 is 20.5 Å². The first-order valence-corrected chi connectivity index (χ1v) is 15.4. The number of anilines is 2. The van der Waals surface area contributed by atoms with Gasteiger partial charge in [0.05, 0.1) is 18.2 Å². The zero-order valence-corrected chi connectivity index (χ0v) is 24.9. The van der Waals surface area contributed by atoms with Gasteiger partial charge < -0.3 is 25.8 Å². The van der Waals surface area contributed by atoms with E-state index < -0.39 is 32.6 Å². The van der Waals surface area contributed by atoms with Crippen LogP contribution in [0.2, 0.25) is 0 Å². The van der Waals surface area contributed by atoms with Gasteiger partial charge in [0.15, 0.2) is 0 Å². The number of nitrogens with one attached hydrogen (secondary N) is 2. The van der Waals surface area contributed by atoms with Crippen molar-refractivity contribution in [3.05, 3.63) is 71.9 Å². The van der Waals surface area contributed by atoms with Crippen LogP contribution in [0, 0.1) is 17.6 Å². The van der Waals surface area contributed by atoms with Crippen LogP contribution in [0.4, 0.5) is 25.1 Å². The summed E-state index contributed by atoms with van der Waals surface area (Å²) in [6.07, 6.45) is 2.58. The molecule has 45 heavy (non-hydrogen) atoms. The molecule has 1 aliphatic rings. The molecule has 2 aromatic heterocycles. The maximum absolute atomic E-state index is 14.3. The molecule has 1 aliphatic heterocycles. The molecule has 1 saturated heterocycles. The normalized spacial score (nSPS) is 13.9. The van der Waals surface area contributed by atoms with Crippen molar-refractivity contribution < 1.29 is 36.6 Å². The largest absolute Gasteiger partial charge is 0.480 e. The molecule has 0 radical (unpaired) electrons. The van der Waals surface area contributed by atoms with Crippen LogP contribution in [0.25, 0.3) is 22.0 Å². The standard InChI is InChI=1S/C30H30F2N6O6S/c1-44-28-25(37-45(42,43)26-5-3-21(31)15-23(26)32)14-20(16-35-28)18-2-4-24-19(12-18)13-22(27(33)36-24)29(39)38-10-7-17(8-11-38)6-9-34-30(40)41/h2-5,12-17,34,37H,6-11H2,1H3,(H2,33,36)(H,40,41). The molecule has 0 atom stereocenters.